The minimum absolute atomic E-state index is 0.142. The highest BCUT2D eigenvalue weighted by Crippen LogP contribution is 2.37. The Bertz CT molecular complexity index is 1230. The summed E-state index contributed by atoms with van der Waals surface area (Å²) in [6.45, 7) is 2.20. The van der Waals surface area contributed by atoms with Gasteiger partial charge in [0.2, 0.25) is 0 Å². The van der Waals surface area contributed by atoms with E-state index in [1.54, 1.807) is 54.6 Å². The number of sulfonamides is 1. The van der Waals surface area contributed by atoms with Crippen molar-refractivity contribution in [1.29, 1.82) is 0 Å². The highest BCUT2D eigenvalue weighted by atomic mass is 35.5. The van der Waals surface area contributed by atoms with Crippen LogP contribution in [0.25, 0.3) is 0 Å². The van der Waals surface area contributed by atoms with E-state index in [4.69, 9.17) is 21.1 Å². The van der Waals surface area contributed by atoms with Crippen LogP contribution in [0.15, 0.2) is 77.7 Å². The second-order valence-corrected chi connectivity index (χ2v) is 9.82. The molecule has 4 rings (SSSR count). The van der Waals surface area contributed by atoms with Crippen molar-refractivity contribution in [2.24, 2.45) is 0 Å². The van der Waals surface area contributed by atoms with Gasteiger partial charge in [0.05, 0.1) is 23.7 Å². The number of halogens is 1. The molecule has 0 fully saturated rings. The molecular weight excluding hydrogens is 464 g/mol. The lowest BCUT2D eigenvalue weighted by atomic mass is 10.1. The average Bonchev–Trinajstić information content (AvgIpc) is 2.82. The minimum Gasteiger partial charge on any atom is -0.492 e. The number of carbonyl (C=O) groups excluding carboxylic acids is 1. The van der Waals surface area contributed by atoms with Gasteiger partial charge >= 0.3 is 0 Å². The van der Waals surface area contributed by atoms with Crippen molar-refractivity contribution in [2.45, 2.75) is 17.9 Å². The van der Waals surface area contributed by atoms with Crippen molar-refractivity contribution in [1.82, 2.24) is 5.32 Å². The molecular formula is C24H23ClN2O5S. The van der Waals surface area contributed by atoms with Crippen molar-refractivity contribution in [3.05, 3.63) is 83.4 Å². The van der Waals surface area contributed by atoms with Crippen LogP contribution in [-0.4, -0.2) is 40.1 Å². The number of hydrogen-bond acceptors (Lipinski definition) is 5. The normalized spacial score (nSPS) is 15.3. The van der Waals surface area contributed by atoms with Crippen LogP contribution < -0.4 is 19.1 Å². The summed E-state index contributed by atoms with van der Waals surface area (Å²) in [5.41, 5.74) is 1.29. The van der Waals surface area contributed by atoms with Gasteiger partial charge in [-0.1, -0.05) is 35.9 Å². The van der Waals surface area contributed by atoms with Crippen LogP contribution in [0.1, 0.15) is 5.56 Å². The molecule has 1 amide bonds. The Morgan fingerprint density at radius 3 is 2.58 bits per heavy atom. The number of fused-ring (bicyclic) bond motifs is 1. The van der Waals surface area contributed by atoms with Crippen molar-refractivity contribution < 1.29 is 22.7 Å². The molecule has 3 aromatic rings. The van der Waals surface area contributed by atoms with Gasteiger partial charge in [0.1, 0.15) is 18.1 Å². The summed E-state index contributed by atoms with van der Waals surface area (Å²) in [4.78, 5) is 13.0. The maximum Gasteiger partial charge on any atom is 0.264 e. The molecule has 0 radical (unpaired) electrons. The molecule has 0 bridgehead atoms. The number of anilines is 1. The molecule has 1 atom stereocenters. The van der Waals surface area contributed by atoms with E-state index in [2.05, 4.69) is 5.32 Å². The Hall–Kier alpha value is -3.23. The molecule has 172 valence electrons. The van der Waals surface area contributed by atoms with Crippen molar-refractivity contribution in [2.75, 3.05) is 24.0 Å². The van der Waals surface area contributed by atoms with Crippen LogP contribution >= 0.6 is 11.6 Å². The fraction of sp³-hybridized carbons (Fsp3) is 0.208. The van der Waals surface area contributed by atoms with Gasteiger partial charge in [-0.3, -0.25) is 9.10 Å². The molecule has 1 aliphatic heterocycles. The molecule has 0 aromatic heterocycles. The van der Waals surface area contributed by atoms with E-state index in [0.717, 1.165) is 5.56 Å². The van der Waals surface area contributed by atoms with Crippen molar-refractivity contribution in [3.63, 3.8) is 0 Å². The zero-order valence-electron chi connectivity index (χ0n) is 17.9. The smallest absolute Gasteiger partial charge is 0.264 e. The van der Waals surface area contributed by atoms with Gasteiger partial charge in [0, 0.05) is 5.02 Å². The second-order valence-electron chi connectivity index (χ2n) is 7.52. The second kappa shape index (κ2) is 9.72. The van der Waals surface area contributed by atoms with E-state index in [-0.39, 0.29) is 24.6 Å². The van der Waals surface area contributed by atoms with Crippen LogP contribution in [0, 0.1) is 6.92 Å². The third kappa shape index (κ3) is 5.23. The van der Waals surface area contributed by atoms with E-state index in [0.29, 0.717) is 22.2 Å². The molecule has 0 saturated heterocycles. The first-order chi connectivity index (χ1) is 15.8. The summed E-state index contributed by atoms with van der Waals surface area (Å²) >= 11 is 5.86. The van der Waals surface area contributed by atoms with Crippen LogP contribution in [0.4, 0.5) is 5.69 Å². The van der Waals surface area contributed by atoms with Gasteiger partial charge in [-0.05, 0) is 61.0 Å². The number of amides is 1. The molecule has 1 N–H and O–H groups in total. The first-order valence-corrected chi connectivity index (χ1v) is 12.2. The third-order valence-electron chi connectivity index (χ3n) is 5.09. The van der Waals surface area contributed by atoms with Crippen LogP contribution in [0.3, 0.4) is 0 Å². The van der Waals surface area contributed by atoms with Gasteiger partial charge in [-0.15, -0.1) is 0 Å². The van der Waals surface area contributed by atoms with Crippen molar-refractivity contribution in [3.8, 4) is 11.5 Å². The SMILES string of the molecule is Cc1ccc2c(c1)O[C@H](C(=O)NCCOc1ccc(Cl)cc1)CN2S(=O)(=O)c1ccccc1. The van der Waals surface area contributed by atoms with Gasteiger partial charge in [0.25, 0.3) is 15.9 Å². The summed E-state index contributed by atoms with van der Waals surface area (Å²) in [5, 5.41) is 3.36. The van der Waals surface area contributed by atoms with Crippen LogP contribution in [0.2, 0.25) is 5.02 Å². The first-order valence-electron chi connectivity index (χ1n) is 10.4. The number of ether oxygens (including phenoxy) is 2. The topological polar surface area (TPSA) is 84.9 Å². The summed E-state index contributed by atoms with van der Waals surface area (Å²) in [6, 6.07) is 20.3. The van der Waals surface area contributed by atoms with Gasteiger partial charge < -0.3 is 14.8 Å². The Morgan fingerprint density at radius 2 is 1.85 bits per heavy atom. The molecule has 1 aliphatic rings. The highest BCUT2D eigenvalue weighted by Gasteiger charge is 2.37. The van der Waals surface area contributed by atoms with Gasteiger partial charge in [0.15, 0.2) is 6.10 Å². The molecule has 33 heavy (non-hydrogen) atoms. The zero-order valence-corrected chi connectivity index (χ0v) is 19.5. The number of hydrogen-bond donors (Lipinski definition) is 1. The molecule has 0 aliphatic carbocycles. The number of aryl methyl sites for hydroxylation is 1. The van der Waals surface area contributed by atoms with E-state index in [1.165, 1.54) is 16.4 Å². The van der Waals surface area contributed by atoms with Crippen LogP contribution in [-0.2, 0) is 14.8 Å². The molecule has 0 spiro atoms. The van der Waals surface area contributed by atoms with E-state index >= 15 is 0 Å². The Morgan fingerprint density at radius 1 is 1.12 bits per heavy atom. The van der Waals surface area contributed by atoms with Gasteiger partial charge in [-0.2, -0.15) is 0 Å². The van der Waals surface area contributed by atoms with Gasteiger partial charge in [-0.25, -0.2) is 8.42 Å². The van der Waals surface area contributed by atoms with E-state index in [1.807, 2.05) is 13.0 Å². The average molecular weight is 487 g/mol. The lowest BCUT2D eigenvalue weighted by Gasteiger charge is -2.35. The lowest BCUT2D eigenvalue weighted by Crippen LogP contribution is -2.51. The maximum atomic E-state index is 13.4. The molecule has 7 nitrogen and oxygen atoms in total. The molecule has 0 saturated carbocycles. The summed E-state index contributed by atoms with van der Waals surface area (Å²) in [7, 11) is -3.88. The van der Waals surface area contributed by atoms with Crippen molar-refractivity contribution >= 4 is 33.2 Å². The maximum absolute atomic E-state index is 13.4. The Labute approximate surface area is 197 Å². The molecule has 9 heteroatoms. The summed E-state index contributed by atoms with van der Waals surface area (Å²) in [5.74, 6) is 0.556. The number of rotatable bonds is 7. The standard InChI is InChI=1S/C24H23ClN2O5S/c1-17-7-12-21-22(15-17)32-23(16-27(21)33(29,30)20-5-3-2-4-6-20)24(28)26-13-14-31-19-10-8-18(25)9-11-19/h2-12,15,23H,13-14,16H2,1H3,(H,26,28)/t23-/m0/s1. The molecule has 0 unspecified atom stereocenters. The van der Waals surface area contributed by atoms with E-state index in [9.17, 15) is 13.2 Å². The molecule has 1 heterocycles. The fourth-order valence-corrected chi connectivity index (χ4v) is 5.06. The quantitative estimate of drug-likeness (QED) is 0.513. The third-order valence-corrected chi connectivity index (χ3v) is 7.14. The monoisotopic (exact) mass is 486 g/mol. The van der Waals surface area contributed by atoms with E-state index < -0.39 is 22.0 Å². The number of carbonyl (C=O) groups is 1. The number of nitrogens with one attached hydrogen (secondary N) is 1. The Kier molecular flexibility index (Phi) is 6.76. The predicted octanol–water partition coefficient (Wildman–Crippen LogP) is 3.80. The molecule has 3 aromatic carbocycles. The fourth-order valence-electron chi connectivity index (χ4n) is 3.43. The first kappa shape index (κ1) is 22.9. The number of benzene rings is 3. The minimum atomic E-state index is -3.88. The van der Waals surface area contributed by atoms with Crippen LogP contribution in [0.5, 0.6) is 11.5 Å². The lowest BCUT2D eigenvalue weighted by molar-refractivity contribution is -0.127. The largest absolute Gasteiger partial charge is 0.492 e. The summed E-state index contributed by atoms with van der Waals surface area (Å²) in [6.07, 6.45) is -1.01. The predicted molar refractivity (Wildman–Crippen MR) is 127 cm³/mol. The summed E-state index contributed by atoms with van der Waals surface area (Å²) < 4.78 is 39.4. The number of nitrogens with zero attached hydrogens (tertiary/aromatic N) is 1. The zero-order chi connectivity index (χ0) is 23.4. The highest BCUT2D eigenvalue weighted by molar-refractivity contribution is 7.92. The Balaban J connectivity index is 1.47.